The Balaban J connectivity index is 2.12. The third-order valence-corrected chi connectivity index (χ3v) is 2.81. The molecule has 1 aromatic heterocycles. The number of rotatable bonds is 2. The van der Waals surface area contributed by atoms with Gasteiger partial charge in [-0.15, -0.1) is 0 Å². The molecular weight excluding hydrogens is 188 g/mol. The van der Waals surface area contributed by atoms with E-state index < -0.39 is 0 Å². The molecule has 1 saturated heterocycles. The summed E-state index contributed by atoms with van der Waals surface area (Å²) in [6.45, 7) is 2.22. The summed E-state index contributed by atoms with van der Waals surface area (Å²) < 4.78 is 0. The van der Waals surface area contributed by atoms with Gasteiger partial charge in [-0.25, -0.2) is 10.8 Å². The van der Waals surface area contributed by atoms with E-state index in [0.717, 1.165) is 24.7 Å². The maximum Gasteiger partial charge on any atom is 0.142 e. The van der Waals surface area contributed by atoms with Gasteiger partial charge in [0.1, 0.15) is 11.6 Å². The van der Waals surface area contributed by atoms with Gasteiger partial charge in [0.25, 0.3) is 0 Å². The molecule has 0 saturated carbocycles. The first kappa shape index (κ1) is 10.2. The number of hydrogen-bond acceptors (Lipinski definition) is 4. The molecule has 0 amide bonds. The Kier molecular flexibility index (Phi) is 3.40. The average Bonchev–Trinajstić information content (AvgIpc) is 2.58. The second kappa shape index (κ2) is 4.98. The monoisotopic (exact) mass is 206 g/mol. The zero-order valence-corrected chi connectivity index (χ0v) is 8.95. The van der Waals surface area contributed by atoms with Crippen LogP contribution in [0.4, 0.5) is 11.6 Å². The third kappa shape index (κ3) is 2.59. The Bertz CT molecular complexity index is 305. The minimum Gasteiger partial charge on any atom is -0.357 e. The molecule has 0 spiro atoms. The fourth-order valence-electron chi connectivity index (χ4n) is 1.98. The van der Waals surface area contributed by atoms with E-state index in [9.17, 15) is 0 Å². The predicted molar refractivity (Wildman–Crippen MR) is 62.7 cm³/mol. The van der Waals surface area contributed by atoms with Gasteiger partial charge in [-0.1, -0.05) is 18.9 Å². The van der Waals surface area contributed by atoms with Crippen LogP contribution >= 0.6 is 0 Å². The molecule has 0 aromatic carbocycles. The Morgan fingerprint density at radius 2 is 1.87 bits per heavy atom. The maximum absolute atomic E-state index is 5.35. The Hall–Kier alpha value is -1.29. The number of nitrogens with one attached hydrogen (secondary N) is 1. The molecule has 3 N–H and O–H groups in total. The lowest BCUT2D eigenvalue weighted by Gasteiger charge is -2.21. The Morgan fingerprint density at radius 3 is 2.53 bits per heavy atom. The van der Waals surface area contributed by atoms with Crippen LogP contribution in [0.3, 0.4) is 0 Å². The second-order valence-electron chi connectivity index (χ2n) is 3.93. The van der Waals surface area contributed by atoms with Crippen LogP contribution in [-0.2, 0) is 0 Å². The maximum atomic E-state index is 5.35. The normalized spacial score (nSPS) is 17.3. The molecule has 0 unspecified atom stereocenters. The molecule has 4 heteroatoms. The molecule has 0 bridgehead atoms. The summed E-state index contributed by atoms with van der Waals surface area (Å²) in [6, 6.07) is 5.91. The van der Waals surface area contributed by atoms with Gasteiger partial charge in [0.15, 0.2) is 0 Å². The molecule has 2 heterocycles. The topological polar surface area (TPSA) is 54.2 Å². The molecule has 1 aliphatic rings. The van der Waals surface area contributed by atoms with Crippen molar-refractivity contribution < 1.29 is 0 Å². The van der Waals surface area contributed by atoms with Crippen LogP contribution in [0.15, 0.2) is 18.2 Å². The van der Waals surface area contributed by atoms with Gasteiger partial charge in [-0.05, 0) is 25.0 Å². The van der Waals surface area contributed by atoms with Crippen molar-refractivity contribution in [2.75, 3.05) is 23.4 Å². The van der Waals surface area contributed by atoms with Crippen molar-refractivity contribution in [2.45, 2.75) is 25.7 Å². The van der Waals surface area contributed by atoms with Crippen LogP contribution in [0.25, 0.3) is 0 Å². The van der Waals surface area contributed by atoms with E-state index in [1.165, 1.54) is 25.7 Å². The van der Waals surface area contributed by atoms with Crippen molar-refractivity contribution in [1.82, 2.24) is 4.98 Å². The summed E-state index contributed by atoms with van der Waals surface area (Å²) in [4.78, 5) is 6.79. The van der Waals surface area contributed by atoms with E-state index in [2.05, 4.69) is 15.3 Å². The molecule has 1 fully saturated rings. The van der Waals surface area contributed by atoms with Crippen LogP contribution in [0.5, 0.6) is 0 Å². The molecule has 0 aliphatic carbocycles. The van der Waals surface area contributed by atoms with E-state index in [4.69, 9.17) is 5.84 Å². The van der Waals surface area contributed by atoms with Crippen molar-refractivity contribution in [3.8, 4) is 0 Å². The standard InChI is InChI=1S/C11H18N4/c12-14-10-6-5-7-11(13-10)15-8-3-1-2-4-9-15/h5-7H,1-4,8-9,12H2,(H,13,14). The van der Waals surface area contributed by atoms with Crippen LogP contribution in [-0.4, -0.2) is 18.1 Å². The largest absolute Gasteiger partial charge is 0.357 e. The van der Waals surface area contributed by atoms with Gasteiger partial charge in [0, 0.05) is 13.1 Å². The summed E-state index contributed by atoms with van der Waals surface area (Å²) in [5.41, 5.74) is 2.58. The molecule has 0 atom stereocenters. The number of nitrogen functional groups attached to an aromatic ring is 1. The quantitative estimate of drug-likeness (QED) is 0.572. The molecule has 15 heavy (non-hydrogen) atoms. The first-order valence-corrected chi connectivity index (χ1v) is 5.59. The smallest absolute Gasteiger partial charge is 0.142 e. The number of nitrogens with two attached hydrogens (primary N) is 1. The van der Waals surface area contributed by atoms with Crippen LogP contribution in [0, 0.1) is 0 Å². The first-order chi connectivity index (χ1) is 7.40. The van der Waals surface area contributed by atoms with Gasteiger partial charge in [-0.2, -0.15) is 0 Å². The number of aromatic nitrogens is 1. The van der Waals surface area contributed by atoms with Crippen molar-refractivity contribution >= 4 is 11.6 Å². The molecular formula is C11H18N4. The van der Waals surface area contributed by atoms with Crippen molar-refractivity contribution in [2.24, 2.45) is 5.84 Å². The lowest BCUT2D eigenvalue weighted by molar-refractivity contribution is 0.726. The van der Waals surface area contributed by atoms with Crippen LogP contribution < -0.4 is 16.2 Å². The SMILES string of the molecule is NNc1cccc(N2CCCCCC2)n1. The van der Waals surface area contributed by atoms with Gasteiger partial charge < -0.3 is 10.3 Å². The third-order valence-electron chi connectivity index (χ3n) is 2.81. The second-order valence-corrected chi connectivity index (χ2v) is 3.93. The van der Waals surface area contributed by atoms with Gasteiger partial charge in [0.05, 0.1) is 0 Å². The Labute approximate surface area is 90.5 Å². The van der Waals surface area contributed by atoms with Crippen molar-refractivity contribution in [1.29, 1.82) is 0 Å². The van der Waals surface area contributed by atoms with Crippen molar-refractivity contribution in [3.05, 3.63) is 18.2 Å². The summed E-state index contributed by atoms with van der Waals surface area (Å²) in [5.74, 6) is 7.12. The Morgan fingerprint density at radius 1 is 1.13 bits per heavy atom. The highest BCUT2D eigenvalue weighted by molar-refractivity contribution is 5.46. The number of hydrazine groups is 1. The van der Waals surface area contributed by atoms with Crippen LogP contribution in [0.1, 0.15) is 25.7 Å². The highest BCUT2D eigenvalue weighted by Crippen LogP contribution is 2.18. The summed E-state index contributed by atoms with van der Waals surface area (Å²) in [5, 5.41) is 0. The molecule has 82 valence electrons. The molecule has 1 aliphatic heterocycles. The summed E-state index contributed by atoms with van der Waals surface area (Å²) in [6.07, 6.45) is 5.21. The number of nitrogens with zero attached hydrogens (tertiary/aromatic N) is 2. The molecule has 1 aromatic rings. The number of pyridine rings is 1. The van der Waals surface area contributed by atoms with E-state index in [1.54, 1.807) is 0 Å². The van der Waals surface area contributed by atoms with E-state index in [-0.39, 0.29) is 0 Å². The zero-order valence-electron chi connectivity index (χ0n) is 8.95. The van der Waals surface area contributed by atoms with Crippen molar-refractivity contribution in [3.63, 3.8) is 0 Å². The average molecular weight is 206 g/mol. The van der Waals surface area contributed by atoms with E-state index >= 15 is 0 Å². The van der Waals surface area contributed by atoms with Gasteiger partial charge in [-0.3, -0.25) is 0 Å². The van der Waals surface area contributed by atoms with E-state index in [1.807, 2.05) is 18.2 Å². The van der Waals surface area contributed by atoms with Gasteiger partial charge in [0.2, 0.25) is 0 Å². The number of hydrogen-bond donors (Lipinski definition) is 2. The predicted octanol–water partition coefficient (Wildman–Crippen LogP) is 1.75. The van der Waals surface area contributed by atoms with Gasteiger partial charge >= 0.3 is 0 Å². The van der Waals surface area contributed by atoms with Crippen LogP contribution in [0.2, 0.25) is 0 Å². The lowest BCUT2D eigenvalue weighted by atomic mass is 10.2. The molecule has 0 radical (unpaired) electrons. The fraction of sp³-hybridized carbons (Fsp3) is 0.545. The summed E-state index contributed by atoms with van der Waals surface area (Å²) >= 11 is 0. The zero-order chi connectivity index (χ0) is 10.5. The molecule has 4 nitrogen and oxygen atoms in total. The lowest BCUT2D eigenvalue weighted by Crippen LogP contribution is -2.25. The minimum atomic E-state index is 0.733. The summed E-state index contributed by atoms with van der Waals surface area (Å²) in [7, 11) is 0. The highest BCUT2D eigenvalue weighted by Gasteiger charge is 2.10. The van der Waals surface area contributed by atoms with E-state index in [0.29, 0.717) is 0 Å². The minimum absolute atomic E-state index is 0.733. The fourth-order valence-corrected chi connectivity index (χ4v) is 1.98. The number of anilines is 2. The first-order valence-electron chi connectivity index (χ1n) is 5.59. The molecule has 2 rings (SSSR count). The highest BCUT2D eigenvalue weighted by atomic mass is 15.3.